The molecule has 2 rings (SSSR count). The molecule has 1 heterocycles. The Balaban J connectivity index is 1.96. The highest BCUT2D eigenvalue weighted by atomic mass is 79.9. The molecule has 0 aliphatic carbocycles. The number of aromatic nitrogens is 1. The molecule has 0 bridgehead atoms. The van der Waals surface area contributed by atoms with Crippen molar-refractivity contribution in [2.45, 2.75) is 25.9 Å². The quantitative estimate of drug-likeness (QED) is 0.873. The van der Waals surface area contributed by atoms with Crippen molar-refractivity contribution in [3.05, 3.63) is 63.9 Å². The van der Waals surface area contributed by atoms with E-state index in [0.717, 1.165) is 10.9 Å². The molecule has 0 fully saturated rings. The molecule has 2 aromatic rings. The molecule has 1 aromatic carbocycles. The lowest BCUT2D eigenvalue weighted by Crippen LogP contribution is -2.34. The van der Waals surface area contributed by atoms with Crippen LogP contribution in [0.25, 0.3) is 0 Å². The maximum atomic E-state index is 12.2. The molecular weight excluding hydrogens is 330 g/mol. The standard InChI is InChI=1S/C16H18BrN3O/c1-11(8-12-2-4-14(17)5-3-12)20-16(21)13-6-7-19-15(9-13)10-18/h2-7,9,11H,8,10,18H2,1H3,(H,20,21). The number of carbonyl (C=O) groups is 1. The number of pyridine rings is 1. The number of carbonyl (C=O) groups excluding carboxylic acids is 1. The van der Waals surface area contributed by atoms with Crippen LogP contribution < -0.4 is 11.1 Å². The Morgan fingerprint density at radius 2 is 2.05 bits per heavy atom. The second-order valence-corrected chi connectivity index (χ2v) is 5.86. The molecular formula is C16H18BrN3O. The zero-order valence-electron chi connectivity index (χ0n) is 11.8. The third kappa shape index (κ3) is 4.65. The van der Waals surface area contributed by atoms with Crippen LogP contribution in [-0.4, -0.2) is 16.9 Å². The van der Waals surface area contributed by atoms with Gasteiger partial charge in [0, 0.05) is 28.8 Å². The molecule has 0 radical (unpaired) electrons. The molecule has 0 saturated carbocycles. The van der Waals surface area contributed by atoms with E-state index in [0.29, 0.717) is 17.8 Å². The number of hydrogen-bond acceptors (Lipinski definition) is 3. The summed E-state index contributed by atoms with van der Waals surface area (Å²) < 4.78 is 1.05. The van der Waals surface area contributed by atoms with Crippen LogP contribution in [0.3, 0.4) is 0 Å². The average molecular weight is 348 g/mol. The van der Waals surface area contributed by atoms with Gasteiger partial charge < -0.3 is 11.1 Å². The van der Waals surface area contributed by atoms with Crippen LogP contribution in [0, 0.1) is 0 Å². The first-order valence-electron chi connectivity index (χ1n) is 6.79. The van der Waals surface area contributed by atoms with E-state index < -0.39 is 0 Å². The van der Waals surface area contributed by atoms with Crippen LogP contribution in [0.5, 0.6) is 0 Å². The molecule has 0 aliphatic heterocycles. The predicted octanol–water partition coefficient (Wildman–Crippen LogP) is 2.66. The van der Waals surface area contributed by atoms with Crippen molar-refractivity contribution in [1.29, 1.82) is 0 Å². The molecule has 1 amide bonds. The molecule has 0 spiro atoms. The number of nitrogens with zero attached hydrogens (tertiary/aromatic N) is 1. The first-order valence-corrected chi connectivity index (χ1v) is 7.58. The van der Waals surface area contributed by atoms with Crippen LogP contribution in [-0.2, 0) is 13.0 Å². The first kappa shape index (κ1) is 15.7. The molecule has 4 nitrogen and oxygen atoms in total. The smallest absolute Gasteiger partial charge is 0.251 e. The maximum Gasteiger partial charge on any atom is 0.251 e. The third-order valence-electron chi connectivity index (χ3n) is 3.12. The van der Waals surface area contributed by atoms with E-state index in [1.54, 1.807) is 18.3 Å². The minimum Gasteiger partial charge on any atom is -0.349 e. The van der Waals surface area contributed by atoms with E-state index in [1.165, 1.54) is 5.56 Å². The summed E-state index contributed by atoms with van der Waals surface area (Å²) in [7, 11) is 0. The fourth-order valence-corrected chi connectivity index (χ4v) is 2.33. The minimum atomic E-state index is -0.100. The fourth-order valence-electron chi connectivity index (χ4n) is 2.06. The summed E-state index contributed by atoms with van der Waals surface area (Å²) in [6.45, 7) is 2.32. The van der Waals surface area contributed by atoms with Gasteiger partial charge in [-0.05, 0) is 43.2 Å². The van der Waals surface area contributed by atoms with Crippen molar-refractivity contribution in [2.75, 3.05) is 0 Å². The summed E-state index contributed by atoms with van der Waals surface area (Å²) in [5.41, 5.74) is 8.02. The summed E-state index contributed by atoms with van der Waals surface area (Å²) in [5.74, 6) is -0.100. The van der Waals surface area contributed by atoms with Crippen molar-refractivity contribution in [1.82, 2.24) is 10.3 Å². The van der Waals surface area contributed by atoms with Crippen molar-refractivity contribution < 1.29 is 4.79 Å². The highest BCUT2D eigenvalue weighted by Crippen LogP contribution is 2.12. The lowest BCUT2D eigenvalue weighted by Gasteiger charge is -2.14. The summed E-state index contributed by atoms with van der Waals surface area (Å²) in [5, 5.41) is 2.99. The van der Waals surface area contributed by atoms with Gasteiger partial charge >= 0.3 is 0 Å². The summed E-state index contributed by atoms with van der Waals surface area (Å²) in [4.78, 5) is 16.3. The number of rotatable bonds is 5. The zero-order chi connectivity index (χ0) is 15.2. The molecule has 0 saturated heterocycles. The highest BCUT2D eigenvalue weighted by Gasteiger charge is 2.11. The Labute approximate surface area is 132 Å². The Kier molecular flexibility index (Phi) is 5.47. The lowest BCUT2D eigenvalue weighted by molar-refractivity contribution is 0.0940. The van der Waals surface area contributed by atoms with Crippen molar-refractivity contribution >= 4 is 21.8 Å². The number of benzene rings is 1. The SMILES string of the molecule is CC(Cc1ccc(Br)cc1)NC(=O)c1ccnc(CN)c1. The van der Waals surface area contributed by atoms with Gasteiger partial charge in [-0.3, -0.25) is 9.78 Å². The summed E-state index contributed by atoms with van der Waals surface area (Å²) in [6, 6.07) is 11.6. The topological polar surface area (TPSA) is 68.0 Å². The molecule has 110 valence electrons. The van der Waals surface area contributed by atoms with E-state index in [-0.39, 0.29) is 11.9 Å². The molecule has 3 N–H and O–H groups in total. The van der Waals surface area contributed by atoms with E-state index in [1.807, 2.05) is 31.2 Å². The number of halogens is 1. The Hall–Kier alpha value is -1.72. The molecule has 21 heavy (non-hydrogen) atoms. The maximum absolute atomic E-state index is 12.2. The number of amides is 1. The predicted molar refractivity (Wildman–Crippen MR) is 86.9 cm³/mol. The molecule has 1 aromatic heterocycles. The van der Waals surface area contributed by atoms with Gasteiger partial charge in [-0.25, -0.2) is 0 Å². The van der Waals surface area contributed by atoms with Gasteiger partial charge in [0.05, 0.1) is 5.69 Å². The van der Waals surface area contributed by atoms with E-state index in [2.05, 4.69) is 26.2 Å². The van der Waals surface area contributed by atoms with Crippen molar-refractivity contribution in [3.63, 3.8) is 0 Å². The molecule has 0 aliphatic rings. The monoisotopic (exact) mass is 347 g/mol. The minimum absolute atomic E-state index is 0.0492. The van der Waals surface area contributed by atoms with E-state index in [9.17, 15) is 4.79 Å². The lowest BCUT2D eigenvalue weighted by atomic mass is 10.1. The van der Waals surface area contributed by atoms with Crippen LogP contribution in [0.4, 0.5) is 0 Å². The molecule has 1 unspecified atom stereocenters. The average Bonchev–Trinajstić information content (AvgIpc) is 2.49. The number of hydrogen-bond donors (Lipinski definition) is 2. The van der Waals surface area contributed by atoms with E-state index in [4.69, 9.17) is 5.73 Å². The van der Waals surface area contributed by atoms with Crippen molar-refractivity contribution in [3.8, 4) is 0 Å². The second kappa shape index (κ2) is 7.33. The van der Waals surface area contributed by atoms with Gasteiger partial charge in [0.2, 0.25) is 0 Å². The van der Waals surface area contributed by atoms with Crippen LogP contribution >= 0.6 is 15.9 Å². The summed E-state index contributed by atoms with van der Waals surface area (Å²) >= 11 is 3.41. The Morgan fingerprint density at radius 3 is 2.71 bits per heavy atom. The third-order valence-corrected chi connectivity index (χ3v) is 3.65. The number of nitrogens with two attached hydrogens (primary N) is 1. The van der Waals surface area contributed by atoms with Gasteiger partial charge in [-0.1, -0.05) is 28.1 Å². The van der Waals surface area contributed by atoms with Crippen LogP contribution in [0.2, 0.25) is 0 Å². The first-order chi connectivity index (χ1) is 10.1. The fraction of sp³-hybridized carbons (Fsp3) is 0.250. The van der Waals surface area contributed by atoms with Crippen molar-refractivity contribution in [2.24, 2.45) is 5.73 Å². The normalized spacial score (nSPS) is 12.0. The van der Waals surface area contributed by atoms with E-state index >= 15 is 0 Å². The van der Waals surface area contributed by atoms with Gasteiger partial charge in [-0.2, -0.15) is 0 Å². The van der Waals surface area contributed by atoms with Crippen LogP contribution in [0.1, 0.15) is 28.5 Å². The van der Waals surface area contributed by atoms with Gasteiger partial charge in [0.25, 0.3) is 5.91 Å². The Morgan fingerprint density at radius 1 is 1.33 bits per heavy atom. The van der Waals surface area contributed by atoms with Gasteiger partial charge in [0.1, 0.15) is 0 Å². The number of nitrogens with one attached hydrogen (secondary N) is 1. The van der Waals surface area contributed by atoms with Crippen LogP contribution in [0.15, 0.2) is 47.1 Å². The molecule has 5 heteroatoms. The summed E-state index contributed by atoms with van der Waals surface area (Å²) in [6.07, 6.45) is 2.39. The molecule has 1 atom stereocenters. The Bertz CT molecular complexity index is 613. The highest BCUT2D eigenvalue weighted by molar-refractivity contribution is 9.10. The van der Waals surface area contributed by atoms with Gasteiger partial charge in [-0.15, -0.1) is 0 Å². The zero-order valence-corrected chi connectivity index (χ0v) is 13.4. The largest absolute Gasteiger partial charge is 0.349 e. The second-order valence-electron chi connectivity index (χ2n) is 4.95. The van der Waals surface area contributed by atoms with Gasteiger partial charge in [0.15, 0.2) is 0 Å².